The van der Waals surface area contributed by atoms with Crippen LogP contribution in [0.1, 0.15) is 16.1 Å². The van der Waals surface area contributed by atoms with Crippen LogP contribution in [0.2, 0.25) is 5.02 Å². The fraction of sp³-hybridized carbons (Fsp3) is 0.0526. The number of halogens is 1. The predicted octanol–water partition coefficient (Wildman–Crippen LogP) is 4.13. The van der Waals surface area contributed by atoms with Gasteiger partial charge in [0.15, 0.2) is 12.3 Å². The van der Waals surface area contributed by atoms with E-state index < -0.39 is 18.5 Å². The molecule has 0 saturated heterocycles. The Hall–Kier alpha value is -3.21. The van der Waals surface area contributed by atoms with Crippen LogP contribution in [-0.2, 0) is 9.53 Å². The van der Waals surface area contributed by atoms with Crippen molar-refractivity contribution in [3.8, 4) is 16.6 Å². The lowest BCUT2D eigenvalue weighted by atomic mass is 10.2. The number of benzene rings is 2. The first-order chi connectivity index (χ1) is 13.0. The number of carbonyl (C=O) groups excluding carboxylic acids is 2. The van der Waals surface area contributed by atoms with Crippen molar-refractivity contribution in [1.82, 2.24) is 4.98 Å². The minimum absolute atomic E-state index is 0.120. The van der Waals surface area contributed by atoms with Crippen LogP contribution in [0.4, 0.5) is 5.69 Å². The van der Waals surface area contributed by atoms with Gasteiger partial charge in [0.2, 0.25) is 0 Å². The number of nitrogens with one attached hydrogen (secondary N) is 1. The summed E-state index contributed by atoms with van der Waals surface area (Å²) in [7, 11) is 0. The SMILES string of the molecule is N#Cc1cccc(NC(=O)COC(=O)c2csc(-c3cccc(Cl)c3)n2)c1. The molecule has 1 aromatic heterocycles. The number of anilines is 1. The minimum Gasteiger partial charge on any atom is -0.451 e. The fourth-order valence-electron chi connectivity index (χ4n) is 2.19. The van der Waals surface area contributed by atoms with Crippen molar-refractivity contribution >= 4 is 40.5 Å². The third kappa shape index (κ3) is 4.91. The van der Waals surface area contributed by atoms with Gasteiger partial charge >= 0.3 is 5.97 Å². The summed E-state index contributed by atoms with van der Waals surface area (Å²) in [5.74, 6) is -1.20. The van der Waals surface area contributed by atoms with Gasteiger partial charge < -0.3 is 10.1 Å². The standard InChI is InChI=1S/C19H12ClN3O3S/c20-14-5-2-4-13(8-14)18-23-16(11-27-18)19(25)26-10-17(24)22-15-6-1-3-12(7-15)9-21/h1-8,11H,10H2,(H,22,24). The highest BCUT2D eigenvalue weighted by Crippen LogP contribution is 2.26. The average molecular weight is 398 g/mol. The smallest absolute Gasteiger partial charge is 0.358 e. The Kier molecular flexibility index (Phi) is 5.81. The van der Waals surface area contributed by atoms with Gasteiger partial charge in [-0.25, -0.2) is 9.78 Å². The molecule has 2 aromatic carbocycles. The number of ether oxygens (including phenoxy) is 1. The van der Waals surface area contributed by atoms with Crippen LogP contribution in [0, 0.1) is 11.3 Å². The Morgan fingerprint density at radius 3 is 2.81 bits per heavy atom. The van der Waals surface area contributed by atoms with Crippen molar-refractivity contribution in [2.45, 2.75) is 0 Å². The Bertz CT molecular complexity index is 1040. The summed E-state index contributed by atoms with van der Waals surface area (Å²) in [6.07, 6.45) is 0. The third-order valence-corrected chi connectivity index (χ3v) is 4.52. The molecule has 1 amide bonds. The molecule has 3 rings (SSSR count). The second-order valence-corrected chi connectivity index (χ2v) is 6.66. The maximum atomic E-state index is 12.1. The summed E-state index contributed by atoms with van der Waals surface area (Å²) in [5.41, 5.74) is 1.78. The molecular weight excluding hydrogens is 386 g/mol. The molecule has 0 unspecified atom stereocenters. The first-order valence-electron chi connectivity index (χ1n) is 7.74. The minimum atomic E-state index is -0.694. The lowest BCUT2D eigenvalue weighted by Crippen LogP contribution is -2.21. The van der Waals surface area contributed by atoms with Gasteiger partial charge in [0, 0.05) is 21.7 Å². The molecule has 0 saturated carbocycles. The zero-order valence-corrected chi connectivity index (χ0v) is 15.4. The van der Waals surface area contributed by atoms with Gasteiger partial charge in [0.25, 0.3) is 5.91 Å². The zero-order valence-electron chi connectivity index (χ0n) is 13.8. The number of hydrogen-bond acceptors (Lipinski definition) is 6. The molecule has 134 valence electrons. The molecule has 6 nitrogen and oxygen atoms in total. The lowest BCUT2D eigenvalue weighted by molar-refractivity contribution is -0.119. The maximum absolute atomic E-state index is 12.1. The van der Waals surface area contributed by atoms with E-state index in [1.807, 2.05) is 12.1 Å². The molecule has 3 aromatic rings. The van der Waals surface area contributed by atoms with Crippen LogP contribution in [0.15, 0.2) is 53.9 Å². The molecule has 0 atom stereocenters. The number of aromatic nitrogens is 1. The first-order valence-corrected chi connectivity index (χ1v) is 8.99. The van der Waals surface area contributed by atoms with E-state index in [1.165, 1.54) is 17.4 Å². The van der Waals surface area contributed by atoms with Crippen molar-refractivity contribution < 1.29 is 14.3 Å². The molecule has 0 bridgehead atoms. The molecule has 0 spiro atoms. The second kappa shape index (κ2) is 8.45. The number of carbonyl (C=O) groups is 2. The van der Waals surface area contributed by atoms with Gasteiger partial charge in [-0.15, -0.1) is 11.3 Å². The quantitative estimate of drug-likeness (QED) is 0.653. The van der Waals surface area contributed by atoms with Crippen LogP contribution in [0.5, 0.6) is 0 Å². The van der Waals surface area contributed by atoms with Crippen molar-refractivity contribution in [3.63, 3.8) is 0 Å². The van der Waals surface area contributed by atoms with Crippen molar-refractivity contribution in [3.05, 3.63) is 70.2 Å². The molecule has 1 heterocycles. The Labute approximate surface area is 164 Å². The molecular formula is C19H12ClN3O3S. The zero-order chi connectivity index (χ0) is 19.2. The molecule has 1 N–H and O–H groups in total. The number of thiazole rings is 1. The molecule has 8 heteroatoms. The van der Waals surface area contributed by atoms with Gasteiger partial charge in [-0.3, -0.25) is 4.79 Å². The molecule has 0 aliphatic carbocycles. The maximum Gasteiger partial charge on any atom is 0.358 e. The summed E-state index contributed by atoms with van der Waals surface area (Å²) in [6, 6.07) is 15.5. The number of hydrogen-bond donors (Lipinski definition) is 1. The van der Waals surface area contributed by atoms with Crippen molar-refractivity contribution in [2.24, 2.45) is 0 Å². The fourth-order valence-corrected chi connectivity index (χ4v) is 3.17. The third-order valence-electron chi connectivity index (χ3n) is 3.39. The Balaban J connectivity index is 1.58. The van der Waals surface area contributed by atoms with E-state index in [9.17, 15) is 9.59 Å². The Morgan fingerprint density at radius 2 is 2.04 bits per heavy atom. The summed E-state index contributed by atoms with van der Waals surface area (Å²) in [4.78, 5) is 28.2. The van der Waals surface area contributed by atoms with Crippen LogP contribution >= 0.6 is 22.9 Å². The van der Waals surface area contributed by atoms with E-state index in [0.717, 1.165) is 5.56 Å². The lowest BCUT2D eigenvalue weighted by Gasteiger charge is -2.06. The van der Waals surface area contributed by atoms with Gasteiger partial charge in [0.05, 0.1) is 11.6 Å². The van der Waals surface area contributed by atoms with Crippen LogP contribution in [0.25, 0.3) is 10.6 Å². The number of esters is 1. The topological polar surface area (TPSA) is 92.1 Å². The van der Waals surface area contributed by atoms with Crippen LogP contribution in [0.3, 0.4) is 0 Å². The van der Waals surface area contributed by atoms with Crippen LogP contribution in [-0.4, -0.2) is 23.5 Å². The van der Waals surface area contributed by atoms with Gasteiger partial charge in [-0.05, 0) is 30.3 Å². The van der Waals surface area contributed by atoms with E-state index in [0.29, 0.717) is 21.3 Å². The summed E-state index contributed by atoms with van der Waals surface area (Å²) in [6.45, 7) is -0.459. The van der Waals surface area contributed by atoms with Crippen molar-refractivity contribution in [2.75, 3.05) is 11.9 Å². The van der Waals surface area contributed by atoms with E-state index in [1.54, 1.807) is 41.8 Å². The monoisotopic (exact) mass is 397 g/mol. The molecule has 0 fully saturated rings. The van der Waals surface area contributed by atoms with Crippen LogP contribution < -0.4 is 5.32 Å². The number of nitrogens with zero attached hydrogens (tertiary/aromatic N) is 2. The molecule has 27 heavy (non-hydrogen) atoms. The van der Waals surface area contributed by atoms with Gasteiger partial charge in [0.1, 0.15) is 5.01 Å². The van der Waals surface area contributed by atoms with Crippen molar-refractivity contribution in [1.29, 1.82) is 5.26 Å². The normalized spacial score (nSPS) is 10.1. The predicted molar refractivity (Wildman–Crippen MR) is 103 cm³/mol. The van der Waals surface area contributed by atoms with E-state index in [-0.39, 0.29) is 5.69 Å². The second-order valence-electron chi connectivity index (χ2n) is 5.37. The first kappa shape index (κ1) is 18.6. The van der Waals surface area contributed by atoms with E-state index >= 15 is 0 Å². The summed E-state index contributed by atoms with van der Waals surface area (Å²) in [5, 5.41) is 14.2. The largest absolute Gasteiger partial charge is 0.451 e. The van der Waals surface area contributed by atoms with Gasteiger partial charge in [-0.1, -0.05) is 29.8 Å². The molecule has 0 aliphatic heterocycles. The number of amides is 1. The van der Waals surface area contributed by atoms with E-state index in [4.69, 9.17) is 21.6 Å². The van der Waals surface area contributed by atoms with E-state index in [2.05, 4.69) is 10.3 Å². The van der Waals surface area contributed by atoms with Gasteiger partial charge in [-0.2, -0.15) is 5.26 Å². The highest BCUT2D eigenvalue weighted by molar-refractivity contribution is 7.13. The summed E-state index contributed by atoms with van der Waals surface area (Å²) < 4.78 is 4.99. The highest BCUT2D eigenvalue weighted by Gasteiger charge is 2.15. The molecule has 0 radical (unpaired) electrons. The highest BCUT2D eigenvalue weighted by atomic mass is 35.5. The number of rotatable bonds is 5. The molecule has 0 aliphatic rings. The average Bonchev–Trinajstić information content (AvgIpc) is 3.16. The summed E-state index contributed by atoms with van der Waals surface area (Å²) >= 11 is 7.24. The number of nitriles is 1. The Morgan fingerprint density at radius 1 is 1.22 bits per heavy atom.